The van der Waals surface area contributed by atoms with Gasteiger partial charge in [0.25, 0.3) is 11.1 Å². The molecule has 0 N–H and O–H groups in total. The van der Waals surface area contributed by atoms with Gasteiger partial charge < -0.3 is 0 Å². The number of hydrogen-bond donors (Lipinski definition) is 0. The van der Waals surface area contributed by atoms with Crippen molar-refractivity contribution in [2.75, 3.05) is 0 Å². The van der Waals surface area contributed by atoms with Gasteiger partial charge in [-0.1, -0.05) is 46.3 Å². The molecule has 5 heteroatoms. The van der Waals surface area contributed by atoms with Crippen LogP contribution in [0, 0.1) is 6.57 Å². The average molecular weight is 401 g/mol. The first-order chi connectivity index (χ1) is 12.6. The van der Waals surface area contributed by atoms with Gasteiger partial charge in [0.15, 0.2) is 5.69 Å². The van der Waals surface area contributed by atoms with Crippen LogP contribution < -0.4 is 11.1 Å². The van der Waals surface area contributed by atoms with E-state index in [-0.39, 0.29) is 11.1 Å². The summed E-state index contributed by atoms with van der Waals surface area (Å²) in [5.41, 5.74) is 0.381. The normalized spacial score (nSPS) is 11.5. The van der Waals surface area contributed by atoms with Crippen LogP contribution >= 0.6 is 15.9 Å². The molecule has 0 saturated heterocycles. The number of hydrogen-bond acceptors (Lipinski definition) is 2. The van der Waals surface area contributed by atoms with Gasteiger partial charge in [-0.3, -0.25) is 9.59 Å². The van der Waals surface area contributed by atoms with Gasteiger partial charge in [0.2, 0.25) is 0 Å². The Morgan fingerprint density at radius 1 is 0.769 bits per heavy atom. The molecule has 2 aromatic heterocycles. The Bertz CT molecular complexity index is 1540. The van der Waals surface area contributed by atoms with Gasteiger partial charge in [-0.2, -0.15) is 0 Å². The summed E-state index contributed by atoms with van der Waals surface area (Å²) in [6, 6.07) is 16.1. The fourth-order valence-electron chi connectivity index (χ4n) is 3.70. The molecule has 3 aromatic carbocycles. The minimum Gasteiger partial charge on any atom is -0.268 e. The monoisotopic (exact) mass is 400 g/mol. The molecule has 0 aliphatic carbocycles. The third kappa shape index (κ3) is 1.82. The Morgan fingerprint density at radius 3 is 2.08 bits per heavy atom. The fourth-order valence-corrected chi connectivity index (χ4v) is 4.16. The van der Waals surface area contributed by atoms with E-state index < -0.39 is 0 Å². The molecule has 0 radical (unpaired) electrons. The van der Waals surface area contributed by atoms with Crippen LogP contribution in [0.25, 0.3) is 42.7 Å². The van der Waals surface area contributed by atoms with Crippen LogP contribution in [0.15, 0.2) is 68.7 Å². The Kier molecular flexibility index (Phi) is 2.97. The van der Waals surface area contributed by atoms with E-state index in [0.717, 1.165) is 20.6 Å². The zero-order valence-corrected chi connectivity index (χ0v) is 14.9. The quantitative estimate of drug-likeness (QED) is 0.211. The summed E-state index contributed by atoms with van der Waals surface area (Å²) >= 11 is 3.55. The summed E-state index contributed by atoms with van der Waals surface area (Å²) < 4.78 is 2.11. The van der Waals surface area contributed by atoms with Crippen LogP contribution in [0.2, 0.25) is 0 Å². The van der Waals surface area contributed by atoms with Gasteiger partial charge in [0, 0.05) is 26.0 Å². The predicted molar refractivity (Wildman–Crippen MR) is 108 cm³/mol. The van der Waals surface area contributed by atoms with Crippen molar-refractivity contribution in [2.24, 2.45) is 0 Å². The molecule has 0 spiro atoms. The number of fused-ring (bicyclic) bond motifs is 4. The van der Waals surface area contributed by atoms with Crippen molar-refractivity contribution in [3.8, 4) is 0 Å². The Labute approximate surface area is 155 Å². The molecule has 2 heterocycles. The Balaban J connectivity index is 2.27. The number of pyridine rings is 2. The van der Waals surface area contributed by atoms with Gasteiger partial charge in [0.1, 0.15) is 0 Å². The molecule has 0 atom stereocenters. The maximum atomic E-state index is 13.1. The van der Waals surface area contributed by atoms with E-state index in [1.54, 1.807) is 30.3 Å². The first kappa shape index (κ1) is 15.1. The molecule has 26 heavy (non-hydrogen) atoms. The minimum absolute atomic E-state index is 0.318. The van der Waals surface area contributed by atoms with Crippen LogP contribution in [0.1, 0.15) is 0 Å². The highest BCUT2D eigenvalue weighted by atomic mass is 79.9. The summed E-state index contributed by atoms with van der Waals surface area (Å²) in [7, 11) is 0. The van der Waals surface area contributed by atoms with Crippen molar-refractivity contribution in [3.05, 3.63) is 91.2 Å². The smallest absolute Gasteiger partial charge is 0.266 e. The number of nitrogens with zero attached hydrogens (tertiary/aromatic N) is 2. The van der Waals surface area contributed by atoms with Crippen LogP contribution in [0.5, 0.6) is 0 Å². The highest BCUT2D eigenvalue weighted by Gasteiger charge is 2.17. The molecule has 122 valence electrons. The predicted octanol–water partition coefficient (Wildman–Crippen LogP) is 4.87. The van der Waals surface area contributed by atoms with E-state index in [2.05, 4.69) is 20.8 Å². The number of aromatic nitrogens is 1. The lowest BCUT2D eigenvalue weighted by molar-refractivity contribution is 1.09. The lowest BCUT2D eigenvalue weighted by atomic mass is 9.99. The van der Waals surface area contributed by atoms with Gasteiger partial charge in [-0.15, -0.1) is 0 Å². The van der Waals surface area contributed by atoms with Crippen LogP contribution in [0.4, 0.5) is 5.69 Å². The van der Waals surface area contributed by atoms with E-state index >= 15 is 0 Å². The summed E-state index contributed by atoms with van der Waals surface area (Å²) in [5, 5.41) is 4.04. The number of halogens is 1. The van der Waals surface area contributed by atoms with Crippen molar-refractivity contribution in [1.82, 2.24) is 4.40 Å². The average Bonchev–Trinajstić information content (AvgIpc) is 2.67. The van der Waals surface area contributed by atoms with Crippen molar-refractivity contribution in [1.29, 1.82) is 0 Å². The maximum Gasteiger partial charge on any atom is 0.266 e. The molecule has 5 aromatic rings. The van der Waals surface area contributed by atoms with E-state index in [4.69, 9.17) is 6.57 Å². The first-order valence-corrected chi connectivity index (χ1v) is 8.73. The summed E-state index contributed by atoms with van der Waals surface area (Å²) in [6.45, 7) is 7.26. The van der Waals surface area contributed by atoms with Crippen molar-refractivity contribution in [2.45, 2.75) is 0 Å². The van der Waals surface area contributed by atoms with Gasteiger partial charge in [-0.25, -0.2) is 9.25 Å². The molecule has 0 saturated carbocycles. The van der Waals surface area contributed by atoms with Crippen molar-refractivity contribution in [3.63, 3.8) is 0 Å². The maximum absolute atomic E-state index is 13.1. The Morgan fingerprint density at radius 2 is 1.38 bits per heavy atom. The molecule has 0 aliphatic rings. The molecule has 0 bridgehead atoms. The molecule has 0 fully saturated rings. The van der Waals surface area contributed by atoms with E-state index in [9.17, 15) is 9.59 Å². The molecular formula is C21H9BrN2O2. The molecule has 5 rings (SSSR count). The van der Waals surface area contributed by atoms with Crippen molar-refractivity contribution >= 4 is 59.5 Å². The fraction of sp³-hybridized carbons (Fsp3) is 0. The lowest BCUT2D eigenvalue weighted by Gasteiger charge is -2.13. The SMILES string of the molecule is [C-]#[N+]c1ccc2c(=O)n3c(=O)c4ccccc4c4cc(Br)cc(c2c1)c43. The van der Waals surface area contributed by atoms with E-state index in [1.807, 2.05) is 24.3 Å². The Hall–Kier alpha value is -3.23. The molecule has 0 aliphatic heterocycles. The molecular weight excluding hydrogens is 392 g/mol. The standard InChI is InChI=1S/C21H9BrN2O2/c1-23-12-6-7-15-16(10-12)18-9-11(22)8-17-13-4-2-3-5-14(13)20(25)24(19(17)18)21(15)26/h2-10H. The van der Waals surface area contributed by atoms with Crippen LogP contribution in [0.3, 0.4) is 0 Å². The third-order valence-corrected chi connectivity index (χ3v) is 5.26. The van der Waals surface area contributed by atoms with Gasteiger partial charge >= 0.3 is 0 Å². The third-order valence-electron chi connectivity index (χ3n) is 4.80. The topological polar surface area (TPSA) is 42.9 Å². The highest BCUT2D eigenvalue weighted by molar-refractivity contribution is 9.10. The molecule has 0 unspecified atom stereocenters. The van der Waals surface area contributed by atoms with E-state index in [0.29, 0.717) is 27.4 Å². The second-order valence-corrected chi connectivity index (χ2v) is 7.10. The second-order valence-electron chi connectivity index (χ2n) is 6.18. The zero-order chi connectivity index (χ0) is 18.0. The van der Waals surface area contributed by atoms with Crippen LogP contribution in [-0.2, 0) is 0 Å². The number of rotatable bonds is 0. The van der Waals surface area contributed by atoms with Crippen LogP contribution in [-0.4, -0.2) is 4.40 Å². The summed E-state index contributed by atoms with van der Waals surface area (Å²) in [5.74, 6) is 0. The van der Waals surface area contributed by atoms with Gasteiger partial charge in [-0.05, 0) is 35.0 Å². The zero-order valence-electron chi connectivity index (χ0n) is 13.3. The second kappa shape index (κ2) is 5.13. The highest BCUT2D eigenvalue weighted by Crippen LogP contribution is 2.34. The van der Waals surface area contributed by atoms with Crippen molar-refractivity contribution < 1.29 is 0 Å². The lowest BCUT2D eigenvalue weighted by Crippen LogP contribution is -2.27. The number of benzene rings is 3. The minimum atomic E-state index is -0.355. The first-order valence-electron chi connectivity index (χ1n) is 7.94. The van der Waals surface area contributed by atoms with Gasteiger partial charge in [0.05, 0.1) is 12.1 Å². The van der Waals surface area contributed by atoms with E-state index in [1.165, 1.54) is 4.40 Å². The molecule has 4 nitrogen and oxygen atoms in total. The summed E-state index contributed by atoms with van der Waals surface area (Å²) in [6.07, 6.45) is 0. The summed E-state index contributed by atoms with van der Waals surface area (Å²) in [4.78, 5) is 29.7. The molecule has 0 amide bonds. The largest absolute Gasteiger partial charge is 0.268 e.